The predicted molar refractivity (Wildman–Crippen MR) is 68.2 cm³/mol. The maximum absolute atomic E-state index is 12.0. The lowest BCUT2D eigenvalue weighted by Crippen LogP contribution is -2.42. The van der Waals surface area contributed by atoms with Crippen molar-refractivity contribution in [3.63, 3.8) is 0 Å². The first-order chi connectivity index (χ1) is 9.08. The van der Waals surface area contributed by atoms with Crippen LogP contribution < -0.4 is 4.74 Å². The second kappa shape index (κ2) is 4.37. The van der Waals surface area contributed by atoms with Crippen LogP contribution >= 0.6 is 0 Å². The predicted octanol–water partition coefficient (Wildman–Crippen LogP) is 2.05. The summed E-state index contributed by atoms with van der Waals surface area (Å²) in [5.74, 6) is 0.614. The van der Waals surface area contributed by atoms with Crippen molar-refractivity contribution < 1.29 is 19.4 Å². The first-order valence-electron chi connectivity index (χ1n) is 6.57. The van der Waals surface area contributed by atoms with E-state index in [1.807, 2.05) is 0 Å². The van der Waals surface area contributed by atoms with Gasteiger partial charge in [-0.05, 0) is 25.0 Å². The van der Waals surface area contributed by atoms with Gasteiger partial charge in [-0.15, -0.1) is 0 Å². The largest absolute Gasteiger partial charge is 0.508 e. The van der Waals surface area contributed by atoms with Gasteiger partial charge in [-0.3, -0.25) is 9.59 Å². The topological polar surface area (TPSA) is 63.6 Å². The molecule has 4 nitrogen and oxygen atoms in total. The lowest BCUT2D eigenvalue weighted by Gasteiger charge is -2.40. The SMILES string of the molecule is CC(=O)C1CCC(=O)[C@H]2COc3cc(O)ccc3C12. The van der Waals surface area contributed by atoms with E-state index in [4.69, 9.17) is 4.74 Å². The molecule has 1 fully saturated rings. The van der Waals surface area contributed by atoms with Crippen LogP contribution in [0.2, 0.25) is 0 Å². The number of Topliss-reactive ketones (excluding diaryl/α,β-unsaturated/α-hetero) is 2. The van der Waals surface area contributed by atoms with Gasteiger partial charge in [0.2, 0.25) is 0 Å². The summed E-state index contributed by atoms with van der Waals surface area (Å²) in [5.41, 5.74) is 0.877. The highest BCUT2D eigenvalue weighted by atomic mass is 16.5. The van der Waals surface area contributed by atoms with E-state index in [-0.39, 0.29) is 35.1 Å². The third-order valence-electron chi connectivity index (χ3n) is 4.28. The second-order valence-corrected chi connectivity index (χ2v) is 5.39. The van der Waals surface area contributed by atoms with Crippen molar-refractivity contribution in [2.75, 3.05) is 6.61 Å². The van der Waals surface area contributed by atoms with Crippen LogP contribution in [0.3, 0.4) is 0 Å². The molecule has 19 heavy (non-hydrogen) atoms. The van der Waals surface area contributed by atoms with Gasteiger partial charge in [-0.25, -0.2) is 0 Å². The number of benzene rings is 1. The van der Waals surface area contributed by atoms with E-state index in [2.05, 4.69) is 0 Å². The van der Waals surface area contributed by atoms with E-state index in [1.54, 1.807) is 25.1 Å². The van der Waals surface area contributed by atoms with Crippen molar-refractivity contribution in [1.29, 1.82) is 0 Å². The fourth-order valence-corrected chi connectivity index (χ4v) is 3.33. The molecule has 2 aliphatic rings. The van der Waals surface area contributed by atoms with E-state index in [9.17, 15) is 14.7 Å². The van der Waals surface area contributed by atoms with Gasteiger partial charge in [0.1, 0.15) is 23.1 Å². The Labute approximate surface area is 111 Å². The summed E-state index contributed by atoms with van der Waals surface area (Å²) < 4.78 is 5.58. The molecule has 0 saturated heterocycles. The number of hydrogen-bond acceptors (Lipinski definition) is 4. The Kier molecular flexibility index (Phi) is 2.81. The number of aromatic hydroxyl groups is 1. The van der Waals surface area contributed by atoms with Crippen LogP contribution in [0.1, 0.15) is 31.2 Å². The maximum atomic E-state index is 12.0. The van der Waals surface area contributed by atoms with E-state index >= 15 is 0 Å². The molecule has 3 atom stereocenters. The van der Waals surface area contributed by atoms with Crippen LogP contribution in [0.4, 0.5) is 0 Å². The first-order valence-corrected chi connectivity index (χ1v) is 6.57. The van der Waals surface area contributed by atoms with E-state index in [1.165, 1.54) is 0 Å². The van der Waals surface area contributed by atoms with Gasteiger partial charge < -0.3 is 9.84 Å². The number of carbonyl (C=O) groups excluding carboxylic acids is 2. The van der Waals surface area contributed by atoms with Crippen molar-refractivity contribution in [1.82, 2.24) is 0 Å². The van der Waals surface area contributed by atoms with Crippen molar-refractivity contribution >= 4 is 11.6 Å². The molecule has 1 aromatic rings. The van der Waals surface area contributed by atoms with Gasteiger partial charge in [-0.2, -0.15) is 0 Å². The number of phenolic OH excluding ortho intramolecular Hbond substituents is 1. The molecule has 0 aromatic heterocycles. The summed E-state index contributed by atoms with van der Waals surface area (Å²) >= 11 is 0. The summed E-state index contributed by atoms with van der Waals surface area (Å²) in [5, 5.41) is 9.50. The second-order valence-electron chi connectivity index (χ2n) is 5.39. The number of phenols is 1. The highest BCUT2D eigenvalue weighted by molar-refractivity contribution is 5.88. The highest BCUT2D eigenvalue weighted by Gasteiger charge is 2.45. The minimum absolute atomic E-state index is 0.0944. The molecule has 100 valence electrons. The highest BCUT2D eigenvalue weighted by Crippen LogP contribution is 2.47. The van der Waals surface area contributed by atoms with Crippen molar-refractivity contribution in [2.45, 2.75) is 25.7 Å². The van der Waals surface area contributed by atoms with Crippen LogP contribution in [-0.4, -0.2) is 23.3 Å². The van der Waals surface area contributed by atoms with E-state index in [0.717, 1.165) is 5.56 Å². The number of carbonyl (C=O) groups is 2. The third-order valence-corrected chi connectivity index (χ3v) is 4.28. The van der Waals surface area contributed by atoms with Gasteiger partial charge in [0, 0.05) is 24.3 Å². The molecule has 1 aromatic carbocycles. The molecular weight excluding hydrogens is 244 g/mol. The average molecular weight is 260 g/mol. The first kappa shape index (κ1) is 12.2. The number of fused-ring (bicyclic) bond motifs is 3. The number of rotatable bonds is 1. The minimum atomic E-state index is -0.223. The standard InChI is InChI=1S/C15H16O4/c1-8(16)10-4-5-13(18)12-7-19-14-6-9(17)2-3-11(14)15(10)12/h2-3,6,10,12,15,17H,4-5,7H2,1H3/t10?,12-,15?/m1/s1. The number of ether oxygens (including phenoxy) is 1. The molecule has 2 unspecified atom stereocenters. The summed E-state index contributed by atoms with van der Waals surface area (Å²) in [6, 6.07) is 4.92. The smallest absolute Gasteiger partial charge is 0.140 e. The fraction of sp³-hybridized carbons (Fsp3) is 0.467. The quantitative estimate of drug-likeness (QED) is 0.839. The van der Waals surface area contributed by atoms with Crippen LogP contribution in [-0.2, 0) is 9.59 Å². The molecular formula is C15H16O4. The molecule has 1 N–H and O–H groups in total. The van der Waals surface area contributed by atoms with E-state index in [0.29, 0.717) is 25.2 Å². The molecule has 0 amide bonds. The molecule has 1 aliphatic carbocycles. The Morgan fingerprint density at radius 2 is 2.21 bits per heavy atom. The summed E-state index contributed by atoms with van der Waals surface area (Å²) in [7, 11) is 0. The van der Waals surface area contributed by atoms with Crippen LogP contribution in [0.5, 0.6) is 11.5 Å². The monoisotopic (exact) mass is 260 g/mol. The summed E-state index contributed by atoms with van der Waals surface area (Å²) in [6.07, 6.45) is 1.08. The molecule has 3 rings (SSSR count). The van der Waals surface area contributed by atoms with Crippen LogP contribution in [0, 0.1) is 11.8 Å². The Balaban J connectivity index is 2.08. The van der Waals surface area contributed by atoms with Crippen LogP contribution in [0.25, 0.3) is 0 Å². The molecule has 0 bridgehead atoms. The Bertz CT molecular complexity index is 549. The van der Waals surface area contributed by atoms with Crippen molar-refractivity contribution in [2.24, 2.45) is 11.8 Å². The lowest BCUT2D eigenvalue weighted by atomic mass is 9.66. The zero-order valence-corrected chi connectivity index (χ0v) is 10.8. The Morgan fingerprint density at radius 3 is 2.95 bits per heavy atom. The Morgan fingerprint density at radius 1 is 1.42 bits per heavy atom. The molecule has 0 spiro atoms. The van der Waals surface area contributed by atoms with Gasteiger partial charge in [0.25, 0.3) is 0 Å². The third kappa shape index (κ3) is 1.91. The van der Waals surface area contributed by atoms with Gasteiger partial charge >= 0.3 is 0 Å². The Hall–Kier alpha value is -1.84. The van der Waals surface area contributed by atoms with Crippen molar-refractivity contribution in [3.8, 4) is 11.5 Å². The van der Waals surface area contributed by atoms with E-state index < -0.39 is 0 Å². The van der Waals surface area contributed by atoms with Crippen molar-refractivity contribution in [3.05, 3.63) is 23.8 Å². The summed E-state index contributed by atoms with van der Waals surface area (Å²) in [4.78, 5) is 23.9. The average Bonchev–Trinajstić information content (AvgIpc) is 2.38. The normalized spacial score (nSPS) is 29.1. The van der Waals surface area contributed by atoms with Gasteiger partial charge in [-0.1, -0.05) is 6.07 Å². The molecule has 1 heterocycles. The zero-order chi connectivity index (χ0) is 13.6. The fourth-order valence-electron chi connectivity index (χ4n) is 3.33. The number of hydrogen-bond donors (Lipinski definition) is 1. The molecule has 1 aliphatic heterocycles. The zero-order valence-electron chi connectivity index (χ0n) is 10.8. The summed E-state index contributed by atoms with van der Waals surface area (Å²) in [6.45, 7) is 1.90. The molecule has 1 saturated carbocycles. The number of ketones is 2. The van der Waals surface area contributed by atoms with Gasteiger partial charge in [0.15, 0.2) is 0 Å². The molecule has 4 heteroatoms. The molecule has 0 radical (unpaired) electrons. The minimum Gasteiger partial charge on any atom is -0.508 e. The lowest BCUT2D eigenvalue weighted by molar-refractivity contribution is -0.132. The maximum Gasteiger partial charge on any atom is 0.140 e. The van der Waals surface area contributed by atoms with Crippen LogP contribution in [0.15, 0.2) is 18.2 Å². The van der Waals surface area contributed by atoms with Gasteiger partial charge in [0.05, 0.1) is 12.5 Å².